The van der Waals surface area contributed by atoms with E-state index >= 15 is 0 Å². The maximum absolute atomic E-state index is 12.5. The first-order chi connectivity index (χ1) is 13.7. The van der Waals surface area contributed by atoms with Gasteiger partial charge in [-0.05, 0) is 31.9 Å². The van der Waals surface area contributed by atoms with Crippen molar-refractivity contribution in [3.8, 4) is 0 Å². The maximum atomic E-state index is 12.5. The number of fused-ring (bicyclic) bond motifs is 1. The fourth-order valence-electron chi connectivity index (χ4n) is 3.42. The highest BCUT2D eigenvalue weighted by Gasteiger charge is 2.34. The van der Waals surface area contributed by atoms with Crippen LogP contribution in [0.1, 0.15) is 52.2 Å². The van der Waals surface area contributed by atoms with Crippen LogP contribution in [0.15, 0.2) is 29.1 Å². The van der Waals surface area contributed by atoms with E-state index in [-0.39, 0.29) is 24.2 Å². The summed E-state index contributed by atoms with van der Waals surface area (Å²) in [7, 11) is 0. The smallest absolute Gasteiger partial charge is 0.279 e. The van der Waals surface area contributed by atoms with E-state index in [1.54, 1.807) is 24.3 Å². The van der Waals surface area contributed by atoms with Crippen LogP contribution in [0.25, 0.3) is 0 Å². The molecule has 29 heavy (non-hydrogen) atoms. The first-order valence-corrected chi connectivity index (χ1v) is 9.35. The number of aromatic nitrogens is 3. The molecule has 1 aliphatic heterocycles. The molecule has 2 heterocycles. The number of hydrogen-bond donors (Lipinski definition) is 0. The highest BCUT2D eigenvalue weighted by atomic mass is 19.4. The molecule has 0 N–H and O–H groups in total. The molecule has 156 valence electrons. The molecule has 0 saturated heterocycles. The molecule has 0 bridgehead atoms. The van der Waals surface area contributed by atoms with Crippen molar-refractivity contribution in [2.24, 2.45) is 0 Å². The van der Waals surface area contributed by atoms with Crippen LogP contribution >= 0.6 is 0 Å². The second-order valence-electron chi connectivity index (χ2n) is 6.98. The monoisotopic (exact) mass is 410 g/mol. The summed E-state index contributed by atoms with van der Waals surface area (Å²) in [4.78, 5) is 37.8. The number of unbranched alkanes of at least 4 members (excludes halogenated alkanes) is 3. The molecule has 7 nitrogen and oxygen atoms in total. The largest absolute Gasteiger partial charge is 0.408 e. The molecule has 2 amide bonds. The fourth-order valence-corrected chi connectivity index (χ4v) is 3.42. The molecule has 2 aromatic rings. The molecule has 1 aromatic carbocycles. The lowest BCUT2D eigenvalue weighted by molar-refractivity contribution is -0.143. The second kappa shape index (κ2) is 8.22. The molecule has 0 saturated carbocycles. The van der Waals surface area contributed by atoms with Crippen LogP contribution in [0.4, 0.5) is 13.2 Å². The molecule has 0 spiro atoms. The van der Waals surface area contributed by atoms with E-state index in [1.165, 1.54) is 16.4 Å². The molecule has 0 atom stereocenters. The second-order valence-corrected chi connectivity index (χ2v) is 6.98. The zero-order chi connectivity index (χ0) is 21.2. The number of carbonyl (C=O) groups excluding carboxylic acids is 2. The predicted molar refractivity (Wildman–Crippen MR) is 97.6 cm³/mol. The third kappa shape index (κ3) is 4.57. The highest BCUT2D eigenvalue weighted by Crippen LogP contribution is 2.23. The Labute approximate surface area is 164 Å². The molecule has 1 aromatic heterocycles. The van der Waals surface area contributed by atoms with Gasteiger partial charge in [0.2, 0.25) is 0 Å². The summed E-state index contributed by atoms with van der Waals surface area (Å²) in [6.07, 6.45) is -1.87. The first-order valence-electron chi connectivity index (χ1n) is 9.35. The minimum Gasteiger partial charge on any atom is -0.279 e. The molecule has 0 unspecified atom stereocenters. The Morgan fingerprint density at radius 1 is 0.897 bits per heavy atom. The molecule has 3 rings (SSSR count). The average molecular weight is 410 g/mol. The van der Waals surface area contributed by atoms with Crippen LogP contribution in [0, 0.1) is 6.92 Å². The van der Waals surface area contributed by atoms with Crippen LogP contribution in [-0.2, 0) is 13.1 Å². The number of alkyl halides is 3. The van der Waals surface area contributed by atoms with Crippen molar-refractivity contribution < 1.29 is 22.8 Å². The fraction of sp³-hybridized carbons (Fsp3) is 0.474. The average Bonchev–Trinajstić information content (AvgIpc) is 3.05. The zero-order valence-corrected chi connectivity index (χ0v) is 15.9. The number of nitrogens with zero attached hydrogens (tertiary/aromatic N) is 4. The number of benzene rings is 1. The van der Waals surface area contributed by atoms with Gasteiger partial charge in [-0.15, -0.1) is 0 Å². The van der Waals surface area contributed by atoms with Gasteiger partial charge in [0.05, 0.1) is 11.1 Å². The molecule has 1 aliphatic rings. The third-order valence-corrected chi connectivity index (χ3v) is 4.83. The zero-order valence-electron chi connectivity index (χ0n) is 15.9. The van der Waals surface area contributed by atoms with Gasteiger partial charge >= 0.3 is 11.9 Å². The van der Waals surface area contributed by atoms with E-state index in [4.69, 9.17) is 0 Å². The molecular weight excluding hydrogens is 389 g/mol. The van der Waals surface area contributed by atoms with Gasteiger partial charge < -0.3 is 0 Å². The summed E-state index contributed by atoms with van der Waals surface area (Å²) in [5.41, 5.74) is 0.0669. The Balaban J connectivity index is 1.44. The number of rotatable bonds is 8. The van der Waals surface area contributed by atoms with Crippen LogP contribution in [-0.4, -0.2) is 43.8 Å². The van der Waals surface area contributed by atoms with Crippen molar-refractivity contribution in [2.45, 2.75) is 51.9 Å². The normalized spacial score (nSPS) is 14.0. The Morgan fingerprint density at radius 3 is 2.00 bits per heavy atom. The van der Waals surface area contributed by atoms with Gasteiger partial charge in [-0.1, -0.05) is 25.0 Å². The van der Waals surface area contributed by atoms with Crippen LogP contribution in [0.5, 0.6) is 0 Å². The molecule has 0 aliphatic carbocycles. The summed E-state index contributed by atoms with van der Waals surface area (Å²) in [5, 5.41) is 3.66. The van der Waals surface area contributed by atoms with Crippen molar-refractivity contribution in [1.29, 1.82) is 0 Å². The van der Waals surface area contributed by atoms with Gasteiger partial charge in [0.25, 0.3) is 11.8 Å². The number of halogens is 3. The van der Waals surface area contributed by atoms with E-state index < -0.39 is 18.4 Å². The lowest BCUT2D eigenvalue weighted by Gasteiger charge is -2.13. The van der Waals surface area contributed by atoms with Crippen LogP contribution < -0.4 is 5.69 Å². The summed E-state index contributed by atoms with van der Waals surface area (Å²) in [6, 6.07) is 6.70. The van der Waals surface area contributed by atoms with Crippen molar-refractivity contribution in [3.05, 3.63) is 51.7 Å². The Morgan fingerprint density at radius 2 is 1.45 bits per heavy atom. The Hall–Kier alpha value is -2.91. The maximum Gasteiger partial charge on any atom is 0.408 e. The highest BCUT2D eigenvalue weighted by molar-refractivity contribution is 6.21. The summed E-state index contributed by atoms with van der Waals surface area (Å²) in [6.45, 7) is 0.681. The van der Waals surface area contributed by atoms with E-state index in [0.717, 1.165) is 6.42 Å². The summed E-state index contributed by atoms with van der Waals surface area (Å²) in [5.74, 6) is -0.333. The standard InChI is InChI=1S/C19H21F3N4O3/c1-13-23-26(12-19(20,21)22)18(29)24(13)10-6-2-3-7-11-25-16(27)14-8-4-5-9-15(14)17(25)28/h4-5,8-9H,2-3,6-7,10-12H2,1H3. The number of carbonyl (C=O) groups is 2. The van der Waals surface area contributed by atoms with Gasteiger partial charge in [0, 0.05) is 13.1 Å². The predicted octanol–water partition coefficient (Wildman–Crippen LogP) is 2.77. The van der Waals surface area contributed by atoms with Crippen molar-refractivity contribution in [2.75, 3.05) is 6.54 Å². The van der Waals surface area contributed by atoms with E-state index in [2.05, 4.69) is 5.10 Å². The van der Waals surface area contributed by atoms with Crippen molar-refractivity contribution in [1.82, 2.24) is 19.2 Å². The quantitative estimate of drug-likeness (QED) is 0.495. The summed E-state index contributed by atoms with van der Waals surface area (Å²) >= 11 is 0. The minimum atomic E-state index is -4.50. The van der Waals surface area contributed by atoms with E-state index in [9.17, 15) is 27.6 Å². The Kier molecular flexibility index (Phi) is 5.90. The van der Waals surface area contributed by atoms with E-state index in [1.807, 2.05) is 0 Å². The van der Waals surface area contributed by atoms with Gasteiger partial charge in [-0.3, -0.25) is 19.1 Å². The topological polar surface area (TPSA) is 77.2 Å². The SMILES string of the molecule is Cc1nn(CC(F)(F)F)c(=O)n1CCCCCCN1C(=O)c2ccccc2C1=O. The van der Waals surface area contributed by atoms with Crippen molar-refractivity contribution in [3.63, 3.8) is 0 Å². The van der Waals surface area contributed by atoms with Crippen LogP contribution in [0.3, 0.4) is 0 Å². The number of amides is 2. The van der Waals surface area contributed by atoms with Gasteiger partial charge in [-0.2, -0.15) is 18.3 Å². The molecule has 0 fully saturated rings. The molecular formula is C19H21F3N4O3. The lowest BCUT2D eigenvalue weighted by Crippen LogP contribution is -2.31. The first kappa shape index (κ1) is 20.8. The van der Waals surface area contributed by atoms with Gasteiger partial charge in [0.1, 0.15) is 12.4 Å². The van der Waals surface area contributed by atoms with Gasteiger partial charge in [0.15, 0.2) is 0 Å². The third-order valence-electron chi connectivity index (χ3n) is 4.83. The minimum absolute atomic E-state index is 0.241. The summed E-state index contributed by atoms with van der Waals surface area (Å²) < 4.78 is 39.0. The Bertz CT molecular complexity index is 943. The molecule has 10 heteroatoms. The van der Waals surface area contributed by atoms with Gasteiger partial charge in [-0.25, -0.2) is 9.48 Å². The lowest BCUT2D eigenvalue weighted by atomic mass is 10.1. The van der Waals surface area contributed by atoms with E-state index in [0.29, 0.717) is 41.6 Å². The number of aryl methyl sites for hydroxylation is 1. The number of hydrogen-bond acceptors (Lipinski definition) is 4. The van der Waals surface area contributed by atoms with Crippen LogP contribution in [0.2, 0.25) is 0 Å². The molecule has 0 radical (unpaired) electrons. The number of imide groups is 1. The van der Waals surface area contributed by atoms with Crippen molar-refractivity contribution >= 4 is 11.8 Å².